The number of nitrogens with one attached hydrogen (secondary N) is 1. The van der Waals surface area contributed by atoms with Crippen molar-refractivity contribution in [3.8, 4) is 50.2 Å². The minimum absolute atomic E-state index is 1.16. The quantitative estimate of drug-likeness (QED) is 0.194. The molecule has 10 aromatic rings. The summed E-state index contributed by atoms with van der Waals surface area (Å²) < 4.78 is 2.38. The first-order chi connectivity index (χ1) is 24.8. The van der Waals surface area contributed by atoms with E-state index in [4.69, 9.17) is 0 Å². The lowest BCUT2D eigenvalue weighted by Crippen LogP contribution is -1.93. The summed E-state index contributed by atoms with van der Waals surface area (Å²) in [4.78, 5) is 3.75. The molecule has 234 valence electrons. The summed E-state index contributed by atoms with van der Waals surface area (Å²) in [5, 5.41) is 4.99. The maximum Gasteiger partial charge on any atom is 0.0544 e. The normalized spacial score (nSPS) is 11.6. The van der Waals surface area contributed by atoms with Crippen molar-refractivity contribution in [2.24, 2.45) is 0 Å². The number of para-hydroxylation sites is 4. The summed E-state index contributed by atoms with van der Waals surface area (Å²) in [5.41, 5.74) is 15.5. The van der Waals surface area contributed by atoms with Gasteiger partial charge in [0, 0.05) is 38.3 Å². The number of hydrogen-bond acceptors (Lipinski definition) is 0. The van der Waals surface area contributed by atoms with Crippen LogP contribution in [-0.2, 0) is 0 Å². The Morgan fingerprint density at radius 2 is 0.880 bits per heavy atom. The van der Waals surface area contributed by atoms with E-state index in [-0.39, 0.29) is 0 Å². The number of aromatic amines is 1. The first kappa shape index (κ1) is 28.4. The van der Waals surface area contributed by atoms with Gasteiger partial charge in [0.25, 0.3) is 0 Å². The van der Waals surface area contributed by atoms with Crippen molar-refractivity contribution in [3.63, 3.8) is 0 Å². The fraction of sp³-hybridized carbons (Fsp3) is 0. The van der Waals surface area contributed by atoms with Gasteiger partial charge < -0.3 is 9.55 Å². The molecule has 10 rings (SSSR count). The van der Waals surface area contributed by atoms with Gasteiger partial charge >= 0.3 is 0 Å². The minimum atomic E-state index is 1.16. The molecule has 8 aromatic carbocycles. The lowest BCUT2D eigenvalue weighted by molar-refractivity contribution is 1.18. The molecule has 0 saturated heterocycles. The summed E-state index contributed by atoms with van der Waals surface area (Å²) in [6, 6.07) is 68.2. The Morgan fingerprint density at radius 3 is 1.68 bits per heavy atom. The molecule has 50 heavy (non-hydrogen) atoms. The van der Waals surface area contributed by atoms with Gasteiger partial charge in [0.15, 0.2) is 0 Å². The van der Waals surface area contributed by atoms with E-state index in [0.29, 0.717) is 0 Å². The molecule has 2 nitrogen and oxygen atoms in total. The Bertz CT molecular complexity index is 2840. The van der Waals surface area contributed by atoms with Crippen LogP contribution in [0.5, 0.6) is 0 Å². The molecule has 0 amide bonds. The molecule has 2 heterocycles. The van der Waals surface area contributed by atoms with Gasteiger partial charge in [-0.2, -0.15) is 0 Å². The average Bonchev–Trinajstić information content (AvgIpc) is 3.74. The molecule has 2 aromatic heterocycles. The smallest absolute Gasteiger partial charge is 0.0544 e. The van der Waals surface area contributed by atoms with Crippen LogP contribution in [0.3, 0.4) is 0 Å². The van der Waals surface area contributed by atoms with E-state index in [0.717, 1.165) is 11.0 Å². The zero-order valence-electron chi connectivity index (χ0n) is 27.3. The standard InChI is InChI=1S/C48H32N2/c1-3-12-32(13-4-1)33-22-24-34(25-23-33)36-28-37(30-38(29-36)40-18-11-19-43-41-16-7-9-20-45(41)49-48(40)43)35-26-27-47-44(31-35)42-17-8-10-21-46(42)50(47)39-14-5-2-6-15-39/h1-31,49H. The number of benzene rings is 8. The SMILES string of the molecule is c1ccc(-c2ccc(-c3cc(-c4ccc5c(c4)c4ccccc4n5-c4ccccc4)cc(-c4cccc5c4[nH]c4ccccc45)c3)cc2)cc1. The number of H-pyrrole nitrogens is 1. The number of hydrogen-bond donors (Lipinski definition) is 1. The first-order valence-electron chi connectivity index (χ1n) is 17.2. The zero-order chi connectivity index (χ0) is 33.0. The number of fused-ring (bicyclic) bond motifs is 6. The highest BCUT2D eigenvalue weighted by Crippen LogP contribution is 2.40. The van der Waals surface area contributed by atoms with Crippen molar-refractivity contribution < 1.29 is 0 Å². The van der Waals surface area contributed by atoms with Gasteiger partial charge in [-0.05, 0) is 93.5 Å². The largest absolute Gasteiger partial charge is 0.354 e. The van der Waals surface area contributed by atoms with Crippen LogP contribution in [0.2, 0.25) is 0 Å². The summed E-state index contributed by atoms with van der Waals surface area (Å²) in [6.45, 7) is 0. The van der Waals surface area contributed by atoms with Gasteiger partial charge in [0.05, 0.1) is 16.6 Å². The summed E-state index contributed by atoms with van der Waals surface area (Å²) in [5.74, 6) is 0. The average molecular weight is 637 g/mol. The Balaban J connectivity index is 1.18. The molecular weight excluding hydrogens is 605 g/mol. The Kier molecular flexibility index (Phi) is 6.53. The van der Waals surface area contributed by atoms with Crippen LogP contribution in [0.1, 0.15) is 0 Å². The van der Waals surface area contributed by atoms with E-state index in [1.807, 2.05) is 0 Å². The topological polar surface area (TPSA) is 20.7 Å². The molecule has 0 radical (unpaired) electrons. The Labute approximate surface area is 290 Å². The molecule has 1 N–H and O–H groups in total. The van der Waals surface area contributed by atoms with Crippen molar-refractivity contribution in [2.45, 2.75) is 0 Å². The second kappa shape index (κ2) is 11.5. The second-order valence-corrected chi connectivity index (χ2v) is 13.1. The van der Waals surface area contributed by atoms with Crippen LogP contribution in [0.4, 0.5) is 0 Å². The predicted octanol–water partition coefficient (Wildman–Crippen LogP) is 13.1. The fourth-order valence-electron chi connectivity index (χ4n) is 7.72. The molecule has 0 aliphatic carbocycles. The van der Waals surface area contributed by atoms with E-state index in [2.05, 4.69) is 198 Å². The van der Waals surface area contributed by atoms with Crippen LogP contribution in [0.15, 0.2) is 188 Å². The van der Waals surface area contributed by atoms with Crippen molar-refractivity contribution in [2.75, 3.05) is 0 Å². The molecule has 0 atom stereocenters. The highest BCUT2D eigenvalue weighted by atomic mass is 15.0. The molecule has 2 heteroatoms. The monoisotopic (exact) mass is 636 g/mol. The molecule has 0 aliphatic rings. The van der Waals surface area contributed by atoms with Gasteiger partial charge in [0.1, 0.15) is 0 Å². The van der Waals surface area contributed by atoms with Crippen molar-refractivity contribution >= 4 is 43.6 Å². The van der Waals surface area contributed by atoms with Gasteiger partial charge in [-0.25, -0.2) is 0 Å². The van der Waals surface area contributed by atoms with E-state index in [9.17, 15) is 0 Å². The van der Waals surface area contributed by atoms with Crippen LogP contribution in [0, 0.1) is 0 Å². The van der Waals surface area contributed by atoms with Crippen LogP contribution >= 0.6 is 0 Å². The fourth-order valence-corrected chi connectivity index (χ4v) is 7.72. The molecule has 0 unspecified atom stereocenters. The molecule has 0 aliphatic heterocycles. The molecule has 0 bridgehead atoms. The number of rotatable bonds is 5. The predicted molar refractivity (Wildman–Crippen MR) is 212 cm³/mol. The highest BCUT2D eigenvalue weighted by Gasteiger charge is 2.16. The number of aromatic nitrogens is 2. The molecule has 0 fully saturated rings. The van der Waals surface area contributed by atoms with E-state index in [1.165, 1.54) is 82.8 Å². The minimum Gasteiger partial charge on any atom is -0.354 e. The van der Waals surface area contributed by atoms with Gasteiger partial charge in [-0.3, -0.25) is 0 Å². The Morgan fingerprint density at radius 1 is 0.320 bits per heavy atom. The third-order valence-corrected chi connectivity index (χ3v) is 10.1. The van der Waals surface area contributed by atoms with Crippen LogP contribution in [-0.4, -0.2) is 9.55 Å². The third-order valence-electron chi connectivity index (χ3n) is 10.1. The van der Waals surface area contributed by atoms with Crippen LogP contribution < -0.4 is 0 Å². The second-order valence-electron chi connectivity index (χ2n) is 13.1. The van der Waals surface area contributed by atoms with E-state index >= 15 is 0 Å². The molecule has 0 saturated carbocycles. The van der Waals surface area contributed by atoms with Crippen molar-refractivity contribution in [1.82, 2.24) is 9.55 Å². The molecule has 0 spiro atoms. The lowest BCUT2D eigenvalue weighted by Gasteiger charge is -2.13. The summed E-state index contributed by atoms with van der Waals surface area (Å²) in [6.07, 6.45) is 0. The van der Waals surface area contributed by atoms with Gasteiger partial charge in [-0.1, -0.05) is 133 Å². The zero-order valence-corrected chi connectivity index (χ0v) is 27.3. The highest BCUT2D eigenvalue weighted by molar-refractivity contribution is 6.13. The van der Waals surface area contributed by atoms with Crippen molar-refractivity contribution in [3.05, 3.63) is 188 Å². The Hall–Kier alpha value is -6.64. The number of nitrogens with zero attached hydrogens (tertiary/aromatic N) is 1. The van der Waals surface area contributed by atoms with Crippen molar-refractivity contribution in [1.29, 1.82) is 0 Å². The van der Waals surface area contributed by atoms with Gasteiger partial charge in [0.2, 0.25) is 0 Å². The lowest BCUT2D eigenvalue weighted by atomic mass is 9.91. The third kappa shape index (κ3) is 4.65. The maximum atomic E-state index is 3.75. The van der Waals surface area contributed by atoms with E-state index in [1.54, 1.807) is 0 Å². The summed E-state index contributed by atoms with van der Waals surface area (Å²) in [7, 11) is 0. The van der Waals surface area contributed by atoms with E-state index < -0.39 is 0 Å². The summed E-state index contributed by atoms with van der Waals surface area (Å²) >= 11 is 0. The molecular formula is C48H32N2. The van der Waals surface area contributed by atoms with Crippen LogP contribution in [0.25, 0.3) is 93.8 Å². The van der Waals surface area contributed by atoms with Gasteiger partial charge in [-0.15, -0.1) is 0 Å². The first-order valence-corrected chi connectivity index (χ1v) is 17.2. The maximum absolute atomic E-state index is 3.75.